The number of aromatic nitrogens is 2. The number of anilines is 1. The lowest BCUT2D eigenvalue weighted by Gasteiger charge is -2.23. The van der Waals surface area contributed by atoms with Crippen molar-refractivity contribution >= 4 is 5.95 Å². The van der Waals surface area contributed by atoms with Crippen LogP contribution in [0, 0.1) is 0 Å². The number of nitrogens with zero attached hydrogens (tertiary/aromatic N) is 3. The second-order valence-corrected chi connectivity index (χ2v) is 5.01. The molecule has 1 aliphatic heterocycles. The van der Waals surface area contributed by atoms with Crippen molar-refractivity contribution in [1.29, 1.82) is 0 Å². The fourth-order valence-corrected chi connectivity index (χ4v) is 2.63. The Morgan fingerprint density at radius 2 is 2.00 bits per heavy atom. The molecular formula is C15H20N4O. The van der Waals surface area contributed by atoms with Crippen molar-refractivity contribution in [2.75, 3.05) is 18.0 Å². The third-order valence-electron chi connectivity index (χ3n) is 3.86. The van der Waals surface area contributed by atoms with Gasteiger partial charge in [-0.3, -0.25) is 0 Å². The minimum atomic E-state index is 0.113. The Balaban J connectivity index is 1.78. The average Bonchev–Trinajstić information content (AvgIpc) is 2.98. The monoisotopic (exact) mass is 272 g/mol. The van der Waals surface area contributed by atoms with Crippen LogP contribution >= 0.6 is 0 Å². The van der Waals surface area contributed by atoms with E-state index in [0.717, 1.165) is 26.1 Å². The van der Waals surface area contributed by atoms with Gasteiger partial charge in [0.15, 0.2) is 0 Å². The summed E-state index contributed by atoms with van der Waals surface area (Å²) in [7, 11) is 0. The molecule has 0 saturated heterocycles. The van der Waals surface area contributed by atoms with E-state index in [2.05, 4.69) is 58.5 Å². The van der Waals surface area contributed by atoms with Crippen LogP contribution in [0.3, 0.4) is 0 Å². The summed E-state index contributed by atoms with van der Waals surface area (Å²) in [6.45, 7) is 6.81. The van der Waals surface area contributed by atoms with Crippen LogP contribution in [-0.4, -0.2) is 23.2 Å². The second-order valence-electron chi connectivity index (χ2n) is 5.01. The molecule has 0 radical (unpaired) electrons. The molecule has 1 aromatic carbocycles. The Labute approximate surface area is 119 Å². The van der Waals surface area contributed by atoms with Crippen LogP contribution in [0.5, 0.6) is 0 Å². The highest BCUT2D eigenvalue weighted by Crippen LogP contribution is 2.25. The maximum absolute atomic E-state index is 5.44. The first-order chi connectivity index (χ1) is 9.81. The van der Waals surface area contributed by atoms with E-state index in [9.17, 15) is 0 Å². The fraction of sp³-hybridized carbons (Fsp3) is 0.467. The third-order valence-corrected chi connectivity index (χ3v) is 3.86. The second kappa shape index (κ2) is 5.63. The molecule has 106 valence electrons. The first-order valence-corrected chi connectivity index (χ1v) is 7.20. The molecule has 1 aromatic heterocycles. The van der Waals surface area contributed by atoms with Crippen LogP contribution in [0.2, 0.25) is 0 Å². The van der Waals surface area contributed by atoms with Crippen LogP contribution in [0.25, 0.3) is 0 Å². The highest BCUT2D eigenvalue weighted by molar-refractivity contribution is 5.32. The van der Waals surface area contributed by atoms with Gasteiger partial charge >= 0.3 is 0 Å². The lowest BCUT2D eigenvalue weighted by atomic mass is 9.96. The molecule has 0 bridgehead atoms. The smallest absolute Gasteiger partial charge is 0.266 e. The van der Waals surface area contributed by atoms with E-state index in [1.807, 2.05) is 0 Å². The van der Waals surface area contributed by atoms with Crippen molar-refractivity contribution in [3.63, 3.8) is 0 Å². The largest absolute Gasteiger partial charge is 0.339 e. The topological polar surface area (TPSA) is 54.2 Å². The quantitative estimate of drug-likeness (QED) is 0.925. The summed E-state index contributed by atoms with van der Waals surface area (Å²) in [4.78, 5) is 6.62. The molecule has 1 aliphatic rings. The van der Waals surface area contributed by atoms with Gasteiger partial charge < -0.3 is 14.7 Å². The first-order valence-electron chi connectivity index (χ1n) is 7.20. The van der Waals surface area contributed by atoms with Crippen molar-refractivity contribution in [1.82, 2.24) is 15.5 Å². The van der Waals surface area contributed by atoms with Crippen molar-refractivity contribution in [3.05, 3.63) is 41.3 Å². The zero-order valence-electron chi connectivity index (χ0n) is 12.0. The van der Waals surface area contributed by atoms with Crippen LogP contribution in [-0.2, 0) is 13.0 Å². The van der Waals surface area contributed by atoms with Crippen molar-refractivity contribution < 1.29 is 4.52 Å². The molecule has 2 aromatic rings. The number of hydrogen-bond donors (Lipinski definition) is 1. The van der Waals surface area contributed by atoms with Crippen LogP contribution in [0.15, 0.2) is 28.8 Å². The lowest BCUT2D eigenvalue weighted by molar-refractivity contribution is 0.321. The van der Waals surface area contributed by atoms with Gasteiger partial charge in [0.2, 0.25) is 5.89 Å². The number of rotatable bonds is 4. The molecule has 5 nitrogen and oxygen atoms in total. The maximum atomic E-state index is 5.44. The van der Waals surface area contributed by atoms with Crippen molar-refractivity contribution in [3.8, 4) is 0 Å². The molecule has 1 unspecified atom stereocenters. The van der Waals surface area contributed by atoms with Crippen LogP contribution < -0.4 is 10.2 Å². The number of benzene rings is 1. The van der Waals surface area contributed by atoms with Gasteiger partial charge in [-0.25, -0.2) is 0 Å². The molecule has 0 saturated carbocycles. The van der Waals surface area contributed by atoms with E-state index < -0.39 is 0 Å². The summed E-state index contributed by atoms with van der Waals surface area (Å²) in [6.07, 6.45) is 0.899. The summed E-state index contributed by atoms with van der Waals surface area (Å²) in [5.41, 5.74) is 2.71. The van der Waals surface area contributed by atoms with Gasteiger partial charge in [-0.2, -0.15) is 4.98 Å². The molecule has 0 spiro atoms. The van der Waals surface area contributed by atoms with Crippen molar-refractivity contribution in [2.45, 2.75) is 32.9 Å². The zero-order valence-corrected chi connectivity index (χ0v) is 12.0. The molecule has 0 amide bonds. The van der Waals surface area contributed by atoms with E-state index in [-0.39, 0.29) is 6.04 Å². The highest BCUT2D eigenvalue weighted by atomic mass is 16.5. The Bertz CT molecular complexity index is 577. The van der Waals surface area contributed by atoms with Gasteiger partial charge in [-0.15, -0.1) is 0 Å². The molecule has 0 fully saturated rings. The Morgan fingerprint density at radius 1 is 1.25 bits per heavy atom. The highest BCUT2D eigenvalue weighted by Gasteiger charge is 2.24. The van der Waals surface area contributed by atoms with E-state index in [4.69, 9.17) is 4.52 Å². The van der Waals surface area contributed by atoms with Gasteiger partial charge in [0.1, 0.15) is 0 Å². The summed E-state index contributed by atoms with van der Waals surface area (Å²) in [6, 6.07) is 8.60. The molecular weight excluding hydrogens is 252 g/mol. The molecule has 1 N–H and O–H groups in total. The first kappa shape index (κ1) is 13.1. The Kier molecular flexibility index (Phi) is 3.69. The lowest BCUT2D eigenvalue weighted by Crippen LogP contribution is -2.29. The molecule has 3 rings (SSSR count). The minimum absolute atomic E-state index is 0.113. The molecule has 0 aliphatic carbocycles. The fourth-order valence-electron chi connectivity index (χ4n) is 2.63. The molecule has 20 heavy (non-hydrogen) atoms. The van der Waals surface area contributed by atoms with Gasteiger partial charge in [0.05, 0.1) is 6.04 Å². The standard InChI is InChI=1S/C15H20N4O/c1-3-19(4-2)15-17-14(20-18-15)13-9-11-7-5-6-8-12(11)10-16-13/h5-8,13,16H,3-4,9-10H2,1-2H3. The maximum Gasteiger partial charge on any atom is 0.266 e. The Morgan fingerprint density at radius 3 is 2.75 bits per heavy atom. The molecule has 1 atom stereocenters. The average molecular weight is 272 g/mol. The predicted molar refractivity (Wildman–Crippen MR) is 77.6 cm³/mol. The number of nitrogens with one attached hydrogen (secondary N) is 1. The van der Waals surface area contributed by atoms with E-state index >= 15 is 0 Å². The SMILES string of the molecule is CCN(CC)c1noc(C2Cc3ccccc3CN2)n1. The summed E-state index contributed by atoms with van der Waals surface area (Å²) in [5.74, 6) is 1.37. The van der Waals surface area contributed by atoms with Gasteiger partial charge in [-0.1, -0.05) is 24.3 Å². The van der Waals surface area contributed by atoms with Crippen LogP contribution in [0.4, 0.5) is 5.95 Å². The number of fused-ring (bicyclic) bond motifs is 1. The van der Waals surface area contributed by atoms with Gasteiger partial charge in [0, 0.05) is 19.6 Å². The van der Waals surface area contributed by atoms with Crippen LogP contribution in [0.1, 0.15) is 36.9 Å². The van der Waals surface area contributed by atoms with Gasteiger partial charge in [0.25, 0.3) is 5.95 Å². The molecule has 5 heteroatoms. The summed E-state index contributed by atoms with van der Waals surface area (Å²) < 4.78 is 5.44. The van der Waals surface area contributed by atoms with E-state index in [0.29, 0.717) is 11.8 Å². The zero-order chi connectivity index (χ0) is 13.9. The van der Waals surface area contributed by atoms with E-state index in [1.54, 1.807) is 0 Å². The summed E-state index contributed by atoms with van der Waals surface area (Å²) >= 11 is 0. The predicted octanol–water partition coefficient (Wildman–Crippen LogP) is 2.30. The Hall–Kier alpha value is -1.88. The van der Waals surface area contributed by atoms with Gasteiger partial charge in [-0.05, 0) is 36.6 Å². The van der Waals surface area contributed by atoms with E-state index in [1.165, 1.54) is 11.1 Å². The molecule has 2 heterocycles. The minimum Gasteiger partial charge on any atom is -0.339 e. The number of hydrogen-bond acceptors (Lipinski definition) is 5. The normalized spacial score (nSPS) is 17.8. The van der Waals surface area contributed by atoms with Crippen molar-refractivity contribution in [2.24, 2.45) is 0 Å². The third kappa shape index (κ3) is 2.41. The summed E-state index contributed by atoms with van der Waals surface area (Å²) in [5, 5.41) is 7.55.